The molecule has 1 fully saturated rings. The van der Waals surface area contributed by atoms with Crippen molar-refractivity contribution in [2.75, 3.05) is 0 Å². The number of imide groups is 1. The van der Waals surface area contributed by atoms with Gasteiger partial charge in [-0.1, -0.05) is 19.1 Å². The van der Waals surface area contributed by atoms with E-state index in [1.807, 2.05) is 6.92 Å². The van der Waals surface area contributed by atoms with Crippen LogP contribution in [0.25, 0.3) is 6.08 Å². The van der Waals surface area contributed by atoms with Gasteiger partial charge in [0.25, 0.3) is 11.1 Å². The van der Waals surface area contributed by atoms with E-state index >= 15 is 0 Å². The summed E-state index contributed by atoms with van der Waals surface area (Å²) in [5, 5.41) is -0.350. The highest BCUT2D eigenvalue weighted by Crippen LogP contribution is 2.34. The van der Waals surface area contributed by atoms with E-state index in [1.165, 1.54) is 23.1 Å². The molecule has 7 heteroatoms. The third-order valence-electron chi connectivity index (χ3n) is 3.39. The molecule has 1 aliphatic rings. The fraction of sp³-hybridized carbons (Fsp3) is 0.333. The number of nitrogens with zero attached hydrogens (tertiary/aromatic N) is 1. The van der Waals surface area contributed by atoms with Gasteiger partial charge in [-0.15, -0.1) is 0 Å². The Morgan fingerprint density at radius 2 is 1.82 bits per heavy atom. The van der Waals surface area contributed by atoms with E-state index in [-0.39, 0.29) is 16.2 Å². The molecule has 0 aromatic heterocycles. The van der Waals surface area contributed by atoms with E-state index in [9.17, 15) is 22.8 Å². The number of rotatable bonds is 3. The summed E-state index contributed by atoms with van der Waals surface area (Å²) in [6.45, 7) is 3.64. The third-order valence-corrected chi connectivity index (χ3v) is 4.27. The van der Waals surface area contributed by atoms with Crippen LogP contribution in [-0.4, -0.2) is 22.1 Å². The van der Waals surface area contributed by atoms with Crippen molar-refractivity contribution in [2.24, 2.45) is 0 Å². The van der Waals surface area contributed by atoms with Crippen LogP contribution in [0.5, 0.6) is 0 Å². The molecule has 3 nitrogen and oxygen atoms in total. The minimum absolute atomic E-state index is 0.203. The molecule has 0 radical (unpaired) electrons. The van der Waals surface area contributed by atoms with Gasteiger partial charge < -0.3 is 0 Å². The first-order valence-electron chi connectivity index (χ1n) is 6.68. The van der Waals surface area contributed by atoms with Crippen LogP contribution in [0.15, 0.2) is 29.2 Å². The molecule has 0 spiro atoms. The third kappa shape index (κ3) is 3.35. The molecular formula is C15H14F3NO2S. The van der Waals surface area contributed by atoms with Gasteiger partial charge in [0.2, 0.25) is 0 Å². The second-order valence-electron chi connectivity index (χ2n) is 4.93. The molecule has 0 aliphatic carbocycles. The Hall–Kier alpha value is -1.76. The van der Waals surface area contributed by atoms with Crippen LogP contribution in [0.1, 0.15) is 31.4 Å². The molecular weight excluding hydrogens is 315 g/mol. The fourth-order valence-electron chi connectivity index (χ4n) is 1.96. The topological polar surface area (TPSA) is 37.4 Å². The van der Waals surface area contributed by atoms with Gasteiger partial charge in [0.15, 0.2) is 0 Å². The predicted molar refractivity (Wildman–Crippen MR) is 79.0 cm³/mol. The molecule has 1 heterocycles. The van der Waals surface area contributed by atoms with Crippen LogP contribution in [-0.2, 0) is 11.0 Å². The highest BCUT2D eigenvalue weighted by Gasteiger charge is 2.37. The van der Waals surface area contributed by atoms with Crippen molar-refractivity contribution >= 4 is 29.0 Å². The van der Waals surface area contributed by atoms with Gasteiger partial charge in [0.1, 0.15) is 0 Å². The van der Waals surface area contributed by atoms with Crippen LogP contribution in [0.2, 0.25) is 0 Å². The molecule has 0 N–H and O–H groups in total. The summed E-state index contributed by atoms with van der Waals surface area (Å²) in [6, 6.07) is 4.25. The lowest BCUT2D eigenvalue weighted by Crippen LogP contribution is -2.36. The molecule has 1 atom stereocenters. The first kappa shape index (κ1) is 16.6. The van der Waals surface area contributed by atoms with Gasteiger partial charge in [-0.25, -0.2) is 0 Å². The first-order valence-corrected chi connectivity index (χ1v) is 7.50. The zero-order chi connectivity index (χ0) is 16.5. The largest absolute Gasteiger partial charge is 0.416 e. The Morgan fingerprint density at radius 3 is 2.32 bits per heavy atom. The summed E-state index contributed by atoms with van der Waals surface area (Å²) in [4.78, 5) is 25.4. The smallest absolute Gasteiger partial charge is 0.268 e. The Kier molecular flexibility index (Phi) is 4.65. The van der Waals surface area contributed by atoms with Crippen molar-refractivity contribution < 1.29 is 22.8 Å². The number of thioether (sulfide) groups is 1. The number of hydrogen-bond acceptors (Lipinski definition) is 3. The maximum Gasteiger partial charge on any atom is 0.416 e. The van der Waals surface area contributed by atoms with E-state index in [1.54, 1.807) is 6.92 Å². The van der Waals surface area contributed by atoms with Crippen LogP contribution in [0, 0.1) is 0 Å². The van der Waals surface area contributed by atoms with Crippen molar-refractivity contribution in [3.8, 4) is 0 Å². The SMILES string of the molecule is CC[C@@H](C)N1C(=O)S/C(=C/c2ccc(C(F)(F)F)cc2)C1=O. The number of carbonyl (C=O) groups excluding carboxylic acids is 2. The Morgan fingerprint density at radius 1 is 1.23 bits per heavy atom. The van der Waals surface area contributed by atoms with Crippen LogP contribution < -0.4 is 0 Å². The zero-order valence-electron chi connectivity index (χ0n) is 12.0. The molecule has 0 bridgehead atoms. The van der Waals surface area contributed by atoms with E-state index in [0.717, 1.165) is 23.9 Å². The van der Waals surface area contributed by atoms with Crippen molar-refractivity contribution in [1.82, 2.24) is 4.90 Å². The maximum absolute atomic E-state index is 12.5. The summed E-state index contributed by atoms with van der Waals surface area (Å²) in [5.41, 5.74) is -0.306. The summed E-state index contributed by atoms with van der Waals surface area (Å²) in [6.07, 6.45) is -2.31. The van der Waals surface area contributed by atoms with Gasteiger partial charge in [0, 0.05) is 6.04 Å². The number of benzene rings is 1. The minimum atomic E-state index is -4.40. The summed E-state index contributed by atoms with van der Waals surface area (Å²) < 4.78 is 37.5. The Balaban J connectivity index is 2.24. The van der Waals surface area contributed by atoms with Crippen molar-refractivity contribution in [1.29, 1.82) is 0 Å². The minimum Gasteiger partial charge on any atom is -0.268 e. The Bertz CT molecular complexity index is 623. The highest BCUT2D eigenvalue weighted by molar-refractivity contribution is 8.18. The van der Waals surface area contributed by atoms with Crippen LogP contribution in [0.4, 0.5) is 18.0 Å². The van der Waals surface area contributed by atoms with Gasteiger partial charge in [0.05, 0.1) is 10.5 Å². The number of hydrogen-bond donors (Lipinski definition) is 0. The molecule has 22 heavy (non-hydrogen) atoms. The second-order valence-corrected chi connectivity index (χ2v) is 5.92. The van der Waals surface area contributed by atoms with Gasteiger partial charge in [-0.05, 0) is 48.9 Å². The molecule has 2 amide bonds. The van der Waals surface area contributed by atoms with E-state index < -0.39 is 17.6 Å². The van der Waals surface area contributed by atoms with Crippen molar-refractivity contribution in [3.63, 3.8) is 0 Å². The van der Waals surface area contributed by atoms with Gasteiger partial charge in [-0.3, -0.25) is 14.5 Å². The van der Waals surface area contributed by atoms with Crippen molar-refractivity contribution in [3.05, 3.63) is 40.3 Å². The number of halogens is 3. The standard InChI is InChI=1S/C15H14F3NO2S/c1-3-9(2)19-13(20)12(22-14(19)21)8-10-4-6-11(7-5-10)15(16,17)18/h4-9H,3H2,1-2H3/b12-8+/t9-/m1/s1. The highest BCUT2D eigenvalue weighted by atomic mass is 32.2. The normalized spacial score (nSPS) is 19.1. The molecule has 118 valence electrons. The first-order chi connectivity index (χ1) is 10.2. The number of carbonyl (C=O) groups is 2. The number of alkyl halides is 3. The summed E-state index contributed by atoms with van der Waals surface area (Å²) in [5.74, 6) is -0.399. The average Bonchev–Trinajstić information content (AvgIpc) is 2.72. The zero-order valence-corrected chi connectivity index (χ0v) is 12.8. The maximum atomic E-state index is 12.5. The number of amides is 2. The summed E-state index contributed by atoms with van der Waals surface area (Å²) >= 11 is 0.806. The molecule has 2 rings (SSSR count). The van der Waals surface area contributed by atoms with E-state index in [4.69, 9.17) is 0 Å². The van der Waals surface area contributed by atoms with Gasteiger partial charge in [-0.2, -0.15) is 13.2 Å². The quantitative estimate of drug-likeness (QED) is 0.764. The molecule has 1 aliphatic heterocycles. The molecule has 1 aromatic rings. The molecule has 1 saturated heterocycles. The lowest BCUT2D eigenvalue weighted by Gasteiger charge is -2.19. The Labute approximate surface area is 130 Å². The van der Waals surface area contributed by atoms with Crippen LogP contribution in [0.3, 0.4) is 0 Å². The molecule has 1 aromatic carbocycles. The lowest BCUT2D eigenvalue weighted by molar-refractivity contribution is -0.137. The lowest BCUT2D eigenvalue weighted by atomic mass is 10.1. The van der Waals surface area contributed by atoms with Gasteiger partial charge >= 0.3 is 6.18 Å². The predicted octanol–water partition coefficient (Wildman–Crippen LogP) is 4.54. The fourth-order valence-corrected chi connectivity index (χ4v) is 2.89. The second kappa shape index (κ2) is 6.16. The average molecular weight is 329 g/mol. The summed E-state index contributed by atoms with van der Waals surface area (Å²) in [7, 11) is 0. The van der Waals surface area contributed by atoms with E-state index in [2.05, 4.69) is 0 Å². The van der Waals surface area contributed by atoms with Crippen molar-refractivity contribution in [2.45, 2.75) is 32.5 Å². The van der Waals surface area contributed by atoms with E-state index in [0.29, 0.717) is 12.0 Å². The monoisotopic (exact) mass is 329 g/mol. The molecule has 0 saturated carbocycles. The van der Waals surface area contributed by atoms with Crippen LogP contribution >= 0.6 is 11.8 Å². The molecule has 0 unspecified atom stereocenters.